The summed E-state index contributed by atoms with van der Waals surface area (Å²) >= 11 is 3.45. The lowest BCUT2D eigenvalue weighted by Crippen LogP contribution is -2.11. The number of carbonyl (C=O) groups excluding carboxylic acids is 1. The lowest BCUT2D eigenvalue weighted by Gasteiger charge is -2.09. The summed E-state index contributed by atoms with van der Waals surface area (Å²) in [6.45, 7) is 0.644. The number of halogens is 1. The Morgan fingerprint density at radius 1 is 1.30 bits per heavy atom. The van der Waals surface area contributed by atoms with E-state index in [9.17, 15) is 4.79 Å². The maximum atomic E-state index is 11.1. The van der Waals surface area contributed by atoms with Crippen LogP contribution in [0.1, 0.15) is 15.9 Å². The lowest BCUT2D eigenvalue weighted by molar-refractivity contribution is 0.100. The van der Waals surface area contributed by atoms with Crippen molar-refractivity contribution >= 4 is 27.5 Å². The number of nitrogens with one attached hydrogen (secondary N) is 1. The van der Waals surface area contributed by atoms with Crippen molar-refractivity contribution in [2.75, 3.05) is 12.4 Å². The van der Waals surface area contributed by atoms with Crippen molar-refractivity contribution < 1.29 is 9.53 Å². The number of carbonyl (C=O) groups is 1. The summed E-state index contributed by atoms with van der Waals surface area (Å²) in [5.74, 6) is 0.366. The highest BCUT2D eigenvalue weighted by atomic mass is 79.9. The largest absolute Gasteiger partial charge is 0.496 e. The van der Waals surface area contributed by atoms with Crippen molar-refractivity contribution in [2.24, 2.45) is 5.73 Å². The monoisotopic (exact) mass is 334 g/mol. The molecule has 4 nitrogen and oxygen atoms in total. The second-order valence-corrected chi connectivity index (χ2v) is 5.12. The van der Waals surface area contributed by atoms with Gasteiger partial charge in [0.1, 0.15) is 5.75 Å². The number of hydrogen-bond acceptors (Lipinski definition) is 3. The Labute approximate surface area is 126 Å². The van der Waals surface area contributed by atoms with Gasteiger partial charge >= 0.3 is 0 Å². The normalized spacial score (nSPS) is 10.1. The van der Waals surface area contributed by atoms with Gasteiger partial charge in [0.25, 0.3) is 0 Å². The van der Waals surface area contributed by atoms with Crippen LogP contribution >= 0.6 is 15.9 Å². The molecule has 2 rings (SSSR count). The topological polar surface area (TPSA) is 64.3 Å². The van der Waals surface area contributed by atoms with Crippen LogP contribution in [-0.4, -0.2) is 13.0 Å². The van der Waals surface area contributed by atoms with Crippen LogP contribution in [0.3, 0.4) is 0 Å². The predicted octanol–water partition coefficient (Wildman–Crippen LogP) is 3.17. The van der Waals surface area contributed by atoms with Gasteiger partial charge in [-0.2, -0.15) is 0 Å². The molecule has 0 fully saturated rings. The second-order valence-electron chi connectivity index (χ2n) is 4.27. The van der Waals surface area contributed by atoms with Gasteiger partial charge in [-0.3, -0.25) is 4.79 Å². The fraction of sp³-hybridized carbons (Fsp3) is 0.133. The molecule has 3 N–H and O–H groups in total. The molecular weight excluding hydrogens is 320 g/mol. The second kappa shape index (κ2) is 6.43. The van der Waals surface area contributed by atoms with Crippen LogP contribution in [0.25, 0.3) is 0 Å². The summed E-state index contributed by atoms with van der Waals surface area (Å²) in [7, 11) is 1.63. The minimum Gasteiger partial charge on any atom is -0.496 e. The third-order valence-corrected chi connectivity index (χ3v) is 3.48. The quantitative estimate of drug-likeness (QED) is 0.882. The van der Waals surface area contributed by atoms with E-state index in [0.29, 0.717) is 12.1 Å². The third kappa shape index (κ3) is 3.51. The summed E-state index contributed by atoms with van der Waals surface area (Å²) in [6.07, 6.45) is 0. The van der Waals surface area contributed by atoms with Crippen LogP contribution in [0.5, 0.6) is 5.75 Å². The Balaban J connectivity index is 2.07. The molecule has 20 heavy (non-hydrogen) atoms. The standard InChI is InChI=1S/C15H15BrN2O2/c1-20-14-6-5-10(7-13(14)16)9-18-12-4-2-3-11(8-12)15(17)19/h2-8,18H,9H2,1H3,(H2,17,19). The van der Waals surface area contributed by atoms with Gasteiger partial charge in [-0.15, -0.1) is 0 Å². The van der Waals surface area contributed by atoms with Crippen LogP contribution in [0.4, 0.5) is 5.69 Å². The van der Waals surface area contributed by atoms with Crippen LogP contribution in [0, 0.1) is 0 Å². The van der Waals surface area contributed by atoms with Gasteiger partial charge in [-0.1, -0.05) is 12.1 Å². The molecule has 2 aromatic rings. The van der Waals surface area contributed by atoms with Crippen molar-refractivity contribution in [1.29, 1.82) is 0 Å². The number of amides is 1. The number of hydrogen-bond donors (Lipinski definition) is 2. The van der Waals surface area contributed by atoms with Crippen molar-refractivity contribution in [3.63, 3.8) is 0 Å². The predicted molar refractivity (Wildman–Crippen MR) is 83.0 cm³/mol. The summed E-state index contributed by atoms with van der Waals surface area (Å²) in [5.41, 5.74) is 7.70. The van der Waals surface area contributed by atoms with E-state index in [1.165, 1.54) is 0 Å². The maximum Gasteiger partial charge on any atom is 0.248 e. The molecule has 0 radical (unpaired) electrons. The molecule has 0 aromatic heterocycles. The van der Waals surface area contributed by atoms with Gasteiger partial charge in [0.15, 0.2) is 0 Å². The Kier molecular flexibility index (Phi) is 4.63. The Hall–Kier alpha value is -2.01. The molecule has 0 saturated carbocycles. The molecule has 0 aliphatic carbocycles. The minimum atomic E-state index is -0.430. The van der Waals surface area contributed by atoms with Gasteiger partial charge in [-0.25, -0.2) is 0 Å². The van der Waals surface area contributed by atoms with E-state index in [4.69, 9.17) is 10.5 Å². The molecule has 0 aliphatic heterocycles. The lowest BCUT2D eigenvalue weighted by atomic mass is 10.1. The van der Waals surface area contributed by atoms with Crippen LogP contribution in [0.2, 0.25) is 0 Å². The van der Waals surface area contributed by atoms with E-state index in [2.05, 4.69) is 21.2 Å². The van der Waals surface area contributed by atoms with Crippen molar-refractivity contribution in [3.05, 3.63) is 58.1 Å². The van der Waals surface area contributed by atoms with Crippen molar-refractivity contribution in [1.82, 2.24) is 0 Å². The first-order valence-corrected chi connectivity index (χ1v) is 6.85. The fourth-order valence-electron chi connectivity index (χ4n) is 1.81. The number of primary amides is 1. The van der Waals surface area contributed by atoms with Crippen LogP contribution < -0.4 is 15.8 Å². The number of benzene rings is 2. The first kappa shape index (κ1) is 14.4. The summed E-state index contributed by atoms with van der Waals surface area (Å²) in [4.78, 5) is 11.1. The van der Waals surface area contributed by atoms with E-state index < -0.39 is 5.91 Å². The zero-order chi connectivity index (χ0) is 14.5. The molecule has 0 bridgehead atoms. The number of methoxy groups -OCH3 is 1. The van der Waals surface area contributed by atoms with Gasteiger partial charge in [0, 0.05) is 17.8 Å². The SMILES string of the molecule is COc1ccc(CNc2cccc(C(N)=O)c2)cc1Br. The molecule has 104 valence electrons. The Bertz CT molecular complexity index is 629. The highest BCUT2D eigenvalue weighted by Crippen LogP contribution is 2.25. The fourth-order valence-corrected chi connectivity index (χ4v) is 2.39. The van der Waals surface area contributed by atoms with E-state index >= 15 is 0 Å². The Morgan fingerprint density at radius 3 is 2.75 bits per heavy atom. The number of nitrogens with two attached hydrogens (primary N) is 1. The summed E-state index contributed by atoms with van der Waals surface area (Å²) in [5, 5.41) is 3.25. The Morgan fingerprint density at radius 2 is 2.10 bits per heavy atom. The number of ether oxygens (including phenoxy) is 1. The van der Waals surface area contributed by atoms with Crippen molar-refractivity contribution in [2.45, 2.75) is 6.54 Å². The highest BCUT2D eigenvalue weighted by molar-refractivity contribution is 9.10. The van der Waals surface area contributed by atoms with Crippen LogP contribution in [0.15, 0.2) is 46.9 Å². The molecule has 0 unspecified atom stereocenters. The first-order chi connectivity index (χ1) is 9.60. The highest BCUT2D eigenvalue weighted by Gasteiger charge is 2.03. The maximum absolute atomic E-state index is 11.1. The van der Waals surface area contributed by atoms with E-state index in [1.54, 1.807) is 25.3 Å². The molecule has 2 aromatic carbocycles. The zero-order valence-electron chi connectivity index (χ0n) is 11.0. The first-order valence-electron chi connectivity index (χ1n) is 6.06. The average molecular weight is 335 g/mol. The van der Waals surface area contributed by atoms with Gasteiger partial charge in [0.2, 0.25) is 5.91 Å². The van der Waals surface area contributed by atoms with Crippen LogP contribution in [-0.2, 0) is 6.54 Å². The van der Waals surface area contributed by atoms with E-state index in [1.807, 2.05) is 24.3 Å². The van der Waals surface area contributed by atoms with Gasteiger partial charge in [-0.05, 0) is 51.8 Å². The van der Waals surface area contributed by atoms with E-state index in [-0.39, 0.29) is 0 Å². The molecule has 0 saturated heterocycles. The number of anilines is 1. The molecule has 0 atom stereocenters. The smallest absolute Gasteiger partial charge is 0.248 e. The minimum absolute atomic E-state index is 0.430. The van der Waals surface area contributed by atoms with E-state index in [0.717, 1.165) is 21.5 Å². The molecule has 0 aliphatic rings. The molecule has 0 heterocycles. The van der Waals surface area contributed by atoms with Gasteiger partial charge in [0.05, 0.1) is 11.6 Å². The molecular formula is C15H15BrN2O2. The summed E-state index contributed by atoms with van der Waals surface area (Å²) in [6, 6.07) is 13.0. The molecule has 1 amide bonds. The summed E-state index contributed by atoms with van der Waals surface area (Å²) < 4.78 is 6.09. The molecule has 0 spiro atoms. The number of rotatable bonds is 5. The zero-order valence-corrected chi connectivity index (χ0v) is 12.6. The average Bonchev–Trinajstić information content (AvgIpc) is 2.45. The molecule has 5 heteroatoms. The van der Waals surface area contributed by atoms with Crippen molar-refractivity contribution in [3.8, 4) is 5.75 Å². The third-order valence-electron chi connectivity index (χ3n) is 2.86. The van der Waals surface area contributed by atoms with Gasteiger partial charge < -0.3 is 15.8 Å².